The summed E-state index contributed by atoms with van der Waals surface area (Å²) in [5.41, 5.74) is 2.51. The quantitative estimate of drug-likeness (QED) is 0.827. The Bertz CT molecular complexity index is 339. The van der Waals surface area contributed by atoms with Crippen molar-refractivity contribution in [3.05, 3.63) is 11.1 Å². The van der Waals surface area contributed by atoms with Gasteiger partial charge in [0.25, 0.3) is 0 Å². The molecule has 0 aromatic carbocycles. The Morgan fingerprint density at radius 2 is 2.11 bits per heavy atom. The number of hydrogen-bond acceptors (Lipinski definition) is 2. The zero-order chi connectivity index (χ0) is 13.9. The number of carbonyl (C=O) groups is 1. The predicted molar refractivity (Wildman–Crippen MR) is 74.7 cm³/mol. The molecular weight excluding hydrogens is 250 g/mol. The Hall–Kier alpha value is -0.540. The topological polar surface area (TPSA) is 49.3 Å². The first kappa shape index (κ1) is 15.5. The average Bonchev–Trinajstić information content (AvgIpc) is 2.30. The van der Waals surface area contributed by atoms with Crippen LogP contribution in [0.2, 0.25) is 0 Å². The van der Waals surface area contributed by atoms with E-state index < -0.39 is 5.97 Å². The van der Waals surface area contributed by atoms with Gasteiger partial charge in [-0.2, -0.15) is 0 Å². The van der Waals surface area contributed by atoms with Gasteiger partial charge in [-0.1, -0.05) is 32.4 Å². The third-order valence-corrected chi connectivity index (χ3v) is 4.94. The van der Waals surface area contributed by atoms with Crippen LogP contribution >= 0.6 is 11.6 Å². The van der Waals surface area contributed by atoms with Crippen LogP contribution in [0.25, 0.3) is 0 Å². The Morgan fingerprint density at radius 3 is 2.61 bits per heavy atom. The van der Waals surface area contributed by atoms with Crippen molar-refractivity contribution in [2.45, 2.75) is 46.6 Å². The van der Waals surface area contributed by atoms with Gasteiger partial charge in [0.1, 0.15) is 0 Å². The molecule has 0 aromatic rings. The van der Waals surface area contributed by atoms with E-state index in [9.17, 15) is 9.90 Å². The maximum Gasteiger partial charge on any atom is 0.307 e. The van der Waals surface area contributed by atoms with Crippen molar-refractivity contribution in [3.63, 3.8) is 0 Å². The molecular formula is C14H24ClNO2. The highest BCUT2D eigenvalue weighted by molar-refractivity contribution is 6.25. The number of rotatable bonds is 4. The molecule has 4 heteroatoms. The van der Waals surface area contributed by atoms with E-state index in [0.29, 0.717) is 12.0 Å². The van der Waals surface area contributed by atoms with E-state index >= 15 is 0 Å². The summed E-state index contributed by atoms with van der Waals surface area (Å²) in [6, 6.07) is 0.363. The SMILES string of the molecule is CC(=CCl)CNC1CCC(C(=O)O)C(C)(C)C1C. The third-order valence-electron chi connectivity index (χ3n) is 4.57. The molecule has 1 aliphatic carbocycles. The van der Waals surface area contributed by atoms with Gasteiger partial charge < -0.3 is 10.4 Å². The van der Waals surface area contributed by atoms with Gasteiger partial charge in [0.2, 0.25) is 0 Å². The molecule has 1 saturated carbocycles. The van der Waals surface area contributed by atoms with E-state index in [1.165, 1.54) is 0 Å². The molecule has 2 N–H and O–H groups in total. The van der Waals surface area contributed by atoms with Gasteiger partial charge in [0.05, 0.1) is 5.92 Å². The lowest BCUT2D eigenvalue weighted by Gasteiger charge is -2.46. The Labute approximate surface area is 115 Å². The second-order valence-electron chi connectivity index (χ2n) is 6.02. The molecule has 3 nitrogen and oxygen atoms in total. The van der Waals surface area contributed by atoms with Crippen molar-refractivity contribution in [2.24, 2.45) is 17.3 Å². The van der Waals surface area contributed by atoms with Crippen molar-refractivity contribution in [1.29, 1.82) is 0 Å². The van der Waals surface area contributed by atoms with Crippen LogP contribution in [-0.4, -0.2) is 23.7 Å². The van der Waals surface area contributed by atoms with Gasteiger partial charge in [0, 0.05) is 18.1 Å². The molecule has 3 unspecified atom stereocenters. The van der Waals surface area contributed by atoms with E-state index in [2.05, 4.69) is 26.1 Å². The molecule has 0 spiro atoms. The van der Waals surface area contributed by atoms with Crippen LogP contribution in [0.5, 0.6) is 0 Å². The average molecular weight is 274 g/mol. The fraction of sp³-hybridized carbons (Fsp3) is 0.786. The highest BCUT2D eigenvalue weighted by Crippen LogP contribution is 2.45. The molecule has 1 rings (SSSR count). The summed E-state index contributed by atoms with van der Waals surface area (Å²) in [4.78, 5) is 11.3. The first-order valence-corrected chi connectivity index (χ1v) is 6.96. The second kappa shape index (κ2) is 6.07. The largest absolute Gasteiger partial charge is 0.481 e. The van der Waals surface area contributed by atoms with Crippen molar-refractivity contribution in [1.82, 2.24) is 5.32 Å². The minimum Gasteiger partial charge on any atom is -0.481 e. The van der Waals surface area contributed by atoms with E-state index in [-0.39, 0.29) is 11.3 Å². The highest BCUT2D eigenvalue weighted by Gasteiger charge is 2.45. The molecule has 1 fully saturated rings. The van der Waals surface area contributed by atoms with Gasteiger partial charge in [-0.3, -0.25) is 4.79 Å². The van der Waals surface area contributed by atoms with Crippen LogP contribution in [0.3, 0.4) is 0 Å². The molecule has 0 aromatic heterocycles. The molecule has 0 saturated heterocycles. The molecule has 0 heterocycles. The van der Waals surface area contributed by atoms with Crippen LogP contribution in [0.15, 0.2) is 11.1 Å². The summed E-state index contributed by atoms with van der Waals surface area (Å²) in [6.45, 7) is 9.03. The van der Waals surface area contributed by atoms with E-state index in [4.69, 9.17) is 11.6 Å². The fourth-order valence-corrected chi connectivity index (χ4v) is 2.93. The minimum atomic E-state index is -0.665. The number of hydrogen-bond donors (Lipinski definition) is 2. The zero-order valence-electron chi connectivity index (χ0n) is 11.7. The van der Waals surface area contributed by atoms with Crippen molar-refractivity contribution < 1.29 is 9.90 Å². The molecule has 18 heavy (non-hydrogen) atoms. The minimum absolute atomic E-state index is 0.180. The van der Waals surface area contributed by atoms with E-state index in [0.717, 1.165) is 25.0 Å². The van der Waals surface area contributed by atoms with Crippen molar-refractivity contribution in [3.8, 4) is 0 Å². The number of carboxylic acids is 1. The summed E-state index contributed by atoms with van der Waals surface area (Å²) >= 11 is 5.65. The van der Waals surface area contributed by atoms with Gasteiger partial charge in [-0.05, 0) is 36.7 Å². The lowest BCUT2D eigenvalue weighted by molar-refractivity contribution is -0.150. The van der Waals surface area contributed by atoms with Crippen LogP contribution in [0, 0.1) is 17.3 Å². The van der Waals surface area contributed by atoms with E-state index in [1.807, 2.05) is 6.92 Å². The molecule has 0 radical (unpaired) electrons. The van der Waals surface area contributed by atoms with Gasteiger partial charge in [-0.15, -0.1) is 0 Å². The van der Waals surface area contributed by atoms with Gasteiger partial charge in [-0.25, -0.2) is 0 Å². The maximum atomic E-state index is 11.3. The summed E-state index contributed by atoms with van der Waals surface area (Å²) in [6.07, 6.45) is 1.66. The summed E-state index contributed by atoms with van der Waals surface area (Å²) in [5, 5.41) is 12.8. The maximum absolute atomic E-state index is 11.3. The monoisotopic (exact) mass is 273 g/mol. The van der Waals surface area contributed by atoms with Gasteiger partial charge >= 0.3 is 5.97 Å². The van der Waals surface area contributed by atoms with Crippen LogP contribution in [0.4, 0.5) is 0 Å². The standard InChI is InChI=1S/C14H24ClNO2/c1-9(7-15)8-16-12-6-5-11(13(17)18)14(3,4)10(12)2/h7,10-12,16H,5-6,8H2,1-4H3,(H,17,18). The lowest BCUT2D eigenvalue weighted by Crippen LogP contribution is -2.51. The first-order chi connectivity index (χ1) is 8.30. The summed E-state index contributed by atoms with van der Waals surface area (Å²) < 4.78 is 0. The second-order valence-corrected chi connectivity index (χ2v) is 6.24. The highest BCUT2D eigenvalue weighted by atomic mass is 35.5. The summed E-state index contributed by atoms with van der Waals surface area (Å²) in [7, 11) is 0. The van der Waals surface area contributed by atoms with Gasteiger partial charge in [0.15, 0.2) is 0 Å². The van der Waals surface area contributed by atoms with Crippen molar-refractivity contribution >= 4 is 17.6 Å². The smallest absolute Gasteiger partial charge is 0.307 e. The fourth-order valence-electron chi connectivity index (χ4n) is 2.86. The van der Waals surface area contributed by atoms with Crippen LogP contribution in [0.1, 0.15) is 40.5 Å². The van der Waals surface area contributed by atoms with E-state index in [1.54, 1.807) is 5.54 Å². The Balaban J connectivity index is 2.69. The molecule has 0 amide bonds. The Kier molecular flexibility index (Phi) is 5.23. The molecule has 0 aliphatic heterocycles. The lowest BCUT2D eigenvalue weighted by atomic mass is 9.61. The number of nitrogens with one attached hydrogen (secondary N) is 1. The zero-order valence-corrected chi connectivity index (χ0v) is 12.4. The molecule has 104 valence electrons. The molecule has 1 aliphatic rings. The number of aliphatic carboxylic acids is 1. The normalized spacial score (nSPS) is 32.3. The number of carboxylic acid groups (broad SMARTS) is 1. The Morgan fingerprint density at radius 1 is 1.50 bits per heavy atom. The predicted octanol–water partition coefficient (Wildman–Crippen LogP) is 3.24. The third kappa shape index (κ3) is 3.27. The first-order valence-electron chi connectivity index (χ1n) is 6.52. The van der Waals surface area contributed by atoms with Crippen molar-refractivity contribution in [2.75, 3.05) is 6.54 Å². The summed E-state index contributed by atoms with van der Waals surface area (Å²) in [5.74, 6) is -0.576. The van der Waals surface area contributed by atoms with Crippen LogP contribution in [-0.2, 0) is 4.79 Å². The molecule has 0 bridgehead atoms. The molecule has 3 atom stereocenters. The van der Waals surface area contributed by atoms with Crippen LogP contribution < -0.4 is 5.32 Å². The number of halogens is 1.